The quantitative estimate of drug-likeness (QED) is 0.864. The van der Waals surface area contributed by atoms with E-state index in [1.165, 1.54) is 0 Å². The van der Waals surface area contributed by atoms with Gasteiger partial charge >= 0.3 is 6.09 Å². The normalized spacial score (nSPS) is 25.3. The zero-order valence-corrected chi connectivity index (χ0v) is 15.0. The molecule has 0 radical (unpaired) electrons. The predicted octanol–water partition coefficient (Wildman–Crippen LogP) is 3.49. The number of ether oxygens (including phenoxy) is 1. The van der Waals surface area contributed by atoms with Gasteiger partial charge in [-0.25, -0.2) is 4.79 Å². The molecule has 1 amide bonds. The van der Waals surface area contributed by atoms with Gasteiger partial charge in [0.05, 0.1) is 12.1 Å². The van der Waals surface area contributed by atoms with Gasteiger partial charge in [0.2, 0.25) is 0 Å². The number of hydrogen-bond donors (Lipinski definition) is 1. The molecule has 22 heavy (non-hydrogen) atoms. The highest BCUT2D eigenvalue weighted by atomic mass is 28.3. The first-order valence-corrected chi connectivity index (χ1v) is 11.7. The van der Waals surface area contributed by atoms with Crippen LogP contribution in [0.2, 0.25) is 25.7 Å². The van der Waals surface area contributed by atoms with Crippen LogP contribution in [0.25, 0.3) is 0 Å². The van der Waals surface area contributed by atoms with E-state index in [0.717, 1.165) is 11.6 Å². The summed E-state index contributed by atoms with van der Waals surface area (Å²) in [6, 6.07) is 10.6. The van der Waals surface area contributed by atoms with E-state index in [2.05, 4.69) is 19.6 Å². The van der Waals surface area contributed by atoms with Crippen molar-refractivity contribution in [3.8, 4) is 0 Å². The van der Waals surface area contributed by atoms with Crippen LogP contribution in [0.15, 0.2) is 30.3 Å². The molecule has 1 aliphatic heterocycles. The first-order valence-electron chi connectivity index (χ1n) is 7.95. The van der Waals surface area contributed by atoms with E-state index in [1.54, 1.807) is 4.90 Å². The second-order valence-electron chi connectivity index (χ2n) is 7.41. The average molecular weight is 321 g/mol. The molecule has 1 N–H and O–H groups in total. The zero-order chi connectivity index (χ0) is 16.3. The molecule has 0 saturated carbocycles. The minimum atomic E-state index is -1.32. The Kier molecular flexibility index (Phi) is 5.29. The number of amides is 1. The molecule has 0 unspecified atom stereocenters. The fraction of sp³-hybridized carbons (Fsp3) is 0.588. The maximum Gasteiger partial charge on any atom is 0.410 e. The summed E-state index contributed by atoms with van der Waals surface area (Å²) in [7, 11) is -1.32. The van der Waals surface area contributed by atoms with Crippen LogP contribution in [0, 0.1) is 0 Å². The van der Waals surface area contributed by atoms with Crippen LogP contribution in [-0.4, -0.2) is 42.4 Å². The average Bonchev–Trinajstić information content (AvgIpc) is 2.70. The molecule has 0 bridgehead atoms. The summed E-state index contributed by atoms with van der Waals surface area (Å²) in [5.74, 6) is 0. The topological polar surface area (TPSA) is 49.8 Å². The van der Waals surface area contributed by atoms with Gasteiger partial charge in [0.25, 0.3) is 0 Å². The number of likely N-dealkylation sites (tertiary alicyclic amines) is 1. The predicted molar refractivity (Wildman–Crippen MR) is 90.5 cm³/mol. The van der Waals surface area contributed by atoms with Crippen molar-refractivity contribution in [2.45, 2.75) is 63.8 Å². The molecule has 1 saturated heterocycles. The third kappa shape index (κ3) is 4.33. The largest absolute Gasteiger partial charge is 0.445 e. The lowest BCUT2D eigenvalue weighted by Gasteiger charge is -2.31. The standard InChI is InChI=1S/C17H27NO3Si/c1-13-16(19)10-15(12-22(2,3)4)18(13)17(20)21-11-14-8-6-5-7-9-14/h5-9,13,15-16,19H,10-12H2,1-4H3/t13-,15-,16-/m0/s1. The Bertz CT molecular complexity index is 500. The van der Waals surface area contributed by atoms with E-state index in [9.17, 15) is 9.90 Å². The Morgan fingerprint density at radius 2 is 1.95 bits per heavy atom. The molecule has 4 nitrogen and oxygen atoms in total. The SMILES string of the molecule is C[C@H]1[C@@H](O)C[C@@H](C[Si](C)(C)C)N1C(=O)OCc1ccccc1. The van der Waals surface area contributed by atoms with Gasteiger partial charge in [0.1, 0.15) is 6.61 Å². The number of nitrogens with zero attached hydrogens (tertiary/aromatic N) is 1. The summed E-state index contributed by atoms with van der Waals surface area (Å²) in [5, 5.41) is 10.1. The number of aliphatic hydroxyl groups is 1. The number of benzene rings is 1. The van der Waals surface area contributed by atoms with Gasteiger partial charge in [-0.1, -0.05) is 50.0 Å². The lowest BCUT2D eigenvalue weighted by Crippen LogP contribution is -2.44. The van der Waals surface area contributed by atoms with Crippen molar-refractivity contribution in [3.05, 3.63) is 35.9 Å². The molecule has 3 atom stereocenters. The molecule has 1 heterocycles. The van der Waals surface area contributed by atoms with Crippen molar-refractivity contribution in [1.82, 2.24) is 4.90 Å². The fourth-order valence-corrected chi connectivity index (χ4v) is 4.88. The summed E-state index contributed by atoms with van der Waals surface area (Å²) in [6.45, 7) is 9.04. The van der Waals surface area contributed by atoms with Crippen LogP contribution in [0.5, 0.6) is 0 Å². The number of carbonyl (C=O) groups excluding carboxylic acids is 1. The summed E-state index contributed by atoms with van der Waals surface area (Å²) in [5.41, 5.74) is 0.977. The van der Waals surface area contributed by atoms with Gasteiger partial charge in [-0.3, -0.25) is 0 Å². The molecule has 1 fully saturated rings. The monoisotopic (exact) mass is 321 g/mol. The molecule has 5 heteroatoms. The molecule has 1 aliphatic rings. The minimum Gasteiger partial charge on any atom is -0.445 e. The van der Waals surface area contributed by atoms with E-state index in [-0.39, 0.29) is 24.8 Å². The third-order valence-electron chi connectivity index (χ3n) is 4.17. The van der Waals surface area contributed by atoms with E-state index in [0.29, 0.717) is 6.42 Å². The number of carbonyl (C=O) groups is 1. The van der Waals surface area contributed by atoms with Gasteiger partial charge in [-0.15, -0.1) is 0 Å². The van der Waals surface area contributed by atoms with Gasteiger partial charge in [0.15, 0.2) is 0 Å². The van der Waals surface area contributed by atoms with Gasteiger partial charge in [-0.2, -0.15) is 0 Å². The number of aliphatic hydroxyl groups excluding tert-OH is 1. The number of hydrogen-bond acceptors (Lipinski definition) is 3. The number of rotatable bonds is 4. The summed E-state index contributed by atoms with van der Waals surface area (Å²) in [6.07, 6.45) is -0.104. The van der Waals surface area contributed by atoms with Crippen molar-refractivity contribution < 1.29 is 14.6 Å². The van der Waals surface area contributed by atoms with E-state index >= 15 is 0 Å². The summed E-state index contributed by atoms with van der Waals surface area (Å²) < 4.78 is 5.47. The van der Waals surface area contributed by atoms with Gasteiger partial charge < -0.3 is 14.7 Å². The van der Waals surface area contributed by atoms with Crippen LogP contribution in [0.3, 0.4) is 0 Å². The fourth-order valence-electron chi connectivity index (χ4n) is 3.10. The van der Waals surface area contributed by atoms with E-state index in [4.69, 9.17) is 4.74 Å². The Labute approximate surface area is 134 Å². The molecule has 122 valence electrons. The lowest BCUT2D eigenvalue weighted by molar-refractivity contribution is 0.0692. The van der Waals surface area contributed by atoms with Crippen LogP contribution in [0.4, 0.5) is 4.79 Å². The molecule has 1 aromatic rings. The van der Waals surface area contributed by atoms with Crippen molar-refractivity contribution in [2.75, 3.05) is 0 Å². The molecule has 0 spiro atoms. The minimum absolute atomic E-state index is 0.0972. The van der Waals surface area contributed by atoms with Crippen LogP contribution in [-0.2, 0) is 11.3 Å². The molecule has 0 aliphatic carbocycles. The second kappa shape index (κ2) is 6.83. The highest BCUT2D eigenvalue weighted by Crippen LogP contribution is 2.31. The Balaban J connectivity index is 2.01. The smallest absolute Gasteiger partial charge is 0.410 e. The van der Waals surface area contributed by atoms with E-state index < -0.39 is 14.2 Å². The third-order valence-corrected chi connectivity index (χ3v) is 5.86. The summed E-state index contributed by atoms with van der Waals surface area (Å²) in [4.78, 5) is 14.2. The highest BCUT2D eigenvalue weighted by molar-refractivity contribution is 6.76. The van der Waals surface area contributed by atoms with Crippen LogP contribution < -0.4 is 0 Å². The van der Waals surface area contributed by atoms with Gasteiger partial charge in [-0.05, 0) is 25.0 Å². The van der Waals surface area contributed by atoms with Gasteiger partial charge in [0, 0.05) is 14.1 Å². The second-order valence-corrected chi connectivity index (χ2v) is 12.9. The Morgan fingerprint density at radius 3 is 2.55 bits per heavy atom. The molecule has 1 aromatic carbocycles. The van der Waals surface area contributed by atoms with Crippen LogP contribution >= 0.6 is 0 Å². The molecule has 2 rings (SSSR count). The van der Waals surface area contributed by atoms with Crippen molar-refractivity contribution in [3.63, 3.8) is 0 Å². The molecule has 0 aromatic heterocycles. The molecular weight excluding hydrogens is 294 g/mol. The Morgan fingerprint density at radius 1 is 1.32 bits per heavy atom. The lowest BCUT2D eigenvalue weighted by atomic mass is 10.2. The van der Waals surface area contributed by atoms with Crippen molar-refractivity contribution >= 4 is 14.2 Å². The highest BCUT2D eigenvalue weighted by Gasteiger charge is 2.42. The first-order chi connectivity index (χ1) is 10.3. The summed E-state index contributed by atoms with van der Waals surface area (Å²) >= 11 is 0. The van der Waals surface area contributed by atoms with E-state index in [1.807, 2.05) is 37.3 Å². The Hall–Kier alpha value is -1.33. The maximum absolute atomic E-state index is 12.5. The first kappa shape index (κ1) is 17.0. The molecular formula is C17H27NO3Si. The maximum atomic E-state index is 12.5. The van der Waals surface area contributed by atoms with Crippen molar-refractivity contribution in [1.29, 1.82) is 0 Å². The zero-order valence-electron chi connectivity index (χ0n) is 14.0. The van der Waals surface area contributed by atoms with Crippen molar-refractivity contribution in [2.24, 2.45) is 0 Å². The van der Waals surface area contributed by atoms with Crippen LogP contribution in [0.1, 0.15) is 18.9 Å².